The quantitative estimate of drug-likeness (QED) is 0.204. The molecule has 11 nitrogen and oxygen atoms in total. The molecule has 3 rings (SSSR count). The fourth-order valence-electron chi connectivity index (χ4n) is 4.04. The van der Waals surface area contributed by atoms with Crippen molar-refractivity contribution in [2.45, 2.75) is 70.2 Å². The fourth-order valence-corrected chi connectivity index (χ4v) is 4.04. The number of ether oxygens (including phenoxy) is 1. The van der Waals surface area contributed by atoms with Crippen LogP contribution in [0.25, 0.3) is 0 Å². The molecule has 33 heavy (non-hydrogen) atoms. The first-order chi connectivity index (χ1) is 15.5. The van der Waals surface area contributed by atoms with E-state index in [1.165, 1.54) is 4.90 Å². The van der Waals surface area contributed by atoms with Gasteiger partial charge in [-0.2, -0.15) is 0 Å². The molecule has 1 aromatic carbocycles. The van der Waals surface area contributed by atoms with Crippen LogP contribution in [-0.2, 0) is 32.0 Å². The van der Waals surface area contributed by atoms with Crippen molar-refractivity contribution in [3.63, 3.8) is 0 Å². The second-order valence-electron chi connectivity index (χ2n) is 9.10. The fraction of sp³-hybridized carbons (Fsp3) is 0.500. The van der Waals surface area contributed by atoms with E-state index in [0.717, 1.165) is 16.8 Å². The van der Waals surface area contributed by atoms with E-state index in [-0.39, 0.29) is 18.2 Å². The minimum Gasteiger partial charge on any atom is -0.473 e. The van der Waals surface area contributed by atoms with E-state index in [0.29, 0.717) is 25.5 Å². The smallest absolute Gasteiger partial charge is 0.332 e. The van der Waals surface area contributed by atoms with Gasteiger partial charge in [-0.1, -0.05) is 18.2 Å². The third-order valence-corrected chi connectivity index (χ3v) is 5.38. The van der Waals surface area contributed by atoms with Crippen LogP contribution < -0.4 is 27.1 Å². The Kier molecular flexibility index (Phi) is 7.01. The molecule has 4 amide bonds. The minimum absolute atomic E-state index is 0.0863. The van der Waals surface area contributed by atoms with Crippen molar-refractivity contribution in [3.05, 3.63) is 29.3 Å². The van der Waals surface area contributed by atoms with Crippen LogP contribution in [0.3, 0.4) is 0 Å². The van der Waals surface area contributed by atoms with Gasteiger partial charge in [-0.3, -0.25) is 14.5 Å². The summed E-state index contributed by atoms with van der Waals surface area (Å²) in [5.74, 6) is -0.895. The number of nitrogens with two attached hydrogens (primary N) is 2. The number of aldehydes is 1. The molecular weight excluding hydrogens is 428 g/mol. The summed E-state index contributed by atoms with van der Waals surface area (Å²) in [5, 5.41) is 6.60. The van der Waals surface area contributed by atoms with Gasteiger partial charge in [0.25, 0.3) is 0 Å². The molecule has 2 aliphatic heterocycles. The maximum atomic E-state index is 13.4. The molecule has 0 aliphatic carbocycles. The monoisotopic (exact) mass is 458 g/mol. The lowest BCUT2D eigenvalue weighted by Gasteiger charge is -2.30. The van der Waals surface area contributed by atoms with Gasteiger partial charge in [-0.15, -0.1) is 5.10 Å². The van der Waals surface area contributed by atoms with Crippen molar-refractivity contribution in [1.29, 1.82) is 0 Å². The summed E-state index contributed by atoms with van der Waals surface area (Å²) in [5.41, 5.74) is 15.1. The molecule has 3 atom stereocenters. The Morgan fingerprint density at radius 1 is 1.33 bits per heavy atom. The predicted molar refractivity (Wildman–Crippen MR) is 121 cm³/mol. The zero-order valence-corrected chi connectivity index (χ0v) is 19.0. The topological polar surface area (TPSA) is 169 Å². The van der Waals surface area contributed by atoms with Gasteiger partial charge in [-0.05, 0) is 44.7 Å². The Labute approximate surface area is 191 Å². The molecule has 0 radical (unpaired) electrons. The van der Waals surface area contributed by atoms with Crippen LogP contribution in [0.2, 0.25) is 0 Å². The third kappa shape index (κ3) is 5.48. The average Bonchev–Trinajstić information content (AvgIpc) is 3.07. The van der Waals surface area contributed by atoms with Crippen LogP contribution >= 0.6 is 0 Å². The molecule has 0 saturated heterocycles. The highest BCUT2D eigenvalue weighted by molar-refractivity contribution is 6.07. The maximum absolute atomic E-state index is 13.4. The van der Waals surface area contributed by atoms with E-state index < -0.39 is 35.7 Å². The lowest BCUT2D eigenvalue weighted by atomic mass is 10.0. The predicted octanol–water partition coefficient (Wildman–Crippen LogP) is 0.0885. The SMILES string of the molecule is CC(C)(C)OC(=NNC(N)=O)[C@H](CC=O)NC(=O)[C@H]1Cc2cccc3c2N1C(=O)[C@H](N)CC3. The molecule has 11 heteroatoms. The second kappa shape index (κ2) is 9.57. The molecule has 2 aliphatic rings. The Balaban J connectivity index is 1.90. The number of anilines is 1. The van der Waals surface area contributed by atoms with Gasteiger partial charge in [0.05, 0.1) is 11.7 Å². The number of aryl methyl sites for hydroxylation is 1. The first-order valence-corrected chi connectivity index (χ1v) is 10.8. The van der Waals surface area contributed by atoms with Crippen LogP contribution in [0.4, 0.5) is 10.5 Å². The van der Waals surface area contributed by atoms with Crippen LogP contribution in [0, 0.1) is 0 Å². The summed E-state index contributed by atoms with van der Waals surface area (Å²) in [6.45, 7) is 5.25. The summed E-state index contributed by atoms with van der Waals surface area (Å²) < 4.78 is 5.78. The largest absolute Gasteiger partial charge is 0.473 e. The number of carbonyl (C=O) groups excluding carboxylic acids is 4. The van der Waals surface area contributed by atoms with Gasteiger partial charge in [0.1, 0.15) is 24.0 Å². The number of hydrogen-bond acceptors (Lipinski definition) is 7. The van der Waals surface area contributed by atoms with Crippen molar-refractivity contribution in [2.75, 3.05) is 4.90 Å². The zero-order chi connectivity index (χ0) is 24.3. The first-order valence-electron chi connectivity index (χ1n) is 10.8. The summed E-state index contributed by atoms with van der Waals surface area (Å²) in [7, 11) is 0. The molecule has 2 heterocycles. The lowest BCUT2D eigenvalue weighted by molar-refractivity contribution is -0.127. The van der Waals surface area contributed by atoms with E-state index in [9.17, 15) is 19.2 Å². The number of hydrogen-bond donors (Lipinski definition) is 4. The highest BCUT2D eigenvalue weighted by Gasteiger charge is 2.43. The number of hydrazone groups is 1. The number of rotatable bonds is 6. The standard InChI is InChI=1S/C22H30N6O5/c1-22(2,3)33-19(26-27-21(24)32)15(9-10-29)25-18(30)16-11-13-6-4-5-12-7-8-14(23)20(31)28(16)17(12)13/h4-6,10,14-16H,7-9,11,23H2,1-3H3,(H,25,30)(H3,24,27,32)/t14-,15+,16-/m1/s1. The van der Waals surface area contributed by atoms with Crippen molar-refractivity contribution in [3.8, 4) is 0 Å². The molecule has 6 N–H and O–H groups in total. The van der Waals surface area contributed by atoms with E-state index in [1.807, 2.05) is 18.2 Å². The number of carbonyl (C=O) groups is 4. The Morgan fingerprint density at radius 3 is 2.67 bits per heavy atom. The van der Waals surface area contributed by atoms with Gasteiger partial charge >= 0.3 is 6.03 Å². The summed E-state index contributed by atoms with van der Waals surface area (Å²) in [6, 6.07) is 2.25. The Bertz CT molecular complexity index is 986. The summed E-state index contributed by atoms with van der Waals surface area (Å²) in [4.78, 5) is 50.4. The maximum Gasteiger partial charge on any atom is 0.332 e. The van der Waals surface area contributed by atoms with Gasteiger partial charge < -0.3 is 26.3 Å². The number of benzene rings is 1. The number of nitrogens with zero attached hydrogens (tertiary/aromatic N) is 2. The highest BCUT2D eigenvalue weighted by atomic mass is 16.5. The van der Waals surface area contributed by atoms with E-state index in [4.69, 9.17) is 16.2 Å². The molecular formula is C22H30N6O5. The normalized spacial score (nSPS) is 21.0. The molecule has 0 saturated carbocycles. The number of amides is 4. The van der Waals surface area contributed by atoms with Crippen LogP contribution in [0.5, 0.6) is 0 Å². The number of primary amides is 1. The molecule has 0 unspecified atom stereocenters. The summed E-state index contributed by atoms with van der Waals surface area (Å²) in [6.07, 6.45) is 1.88. The second-order valence-corrected chi connectivity index (χ2v) is 9.10. The molecule has 0 fully saturated rings. The van der Waals surface area contributed by atoms with Gasteiger partial charge in [-0.25, -0.2) is 10.2 Å². The van der Waals surface area contributed by atoms with Crippen LogP contribution in [0.15, 0.2) is 23.3 Å². The molecule has 0 spiro atoms. The molecule has 178 valence electrons. The van der Waals surface area contributed by atoms with Crippen molar-refractivity contribution < 1.29 is 23.9 Å². The van der Waals surface area contributed by atoms with Crippen molar-refractivity contribution >= 4 is 35.7 Å². The number of urea groups is 1. The number of nitrogens with one attached hydrogen (secondary N) is 2. The summed E-state index contributed by atoms with van der Waals surface area (Å²) >= 11 is 0. The highest BCUT2D eigenvalue weighted by Crippen LogP contribution is 2.38. The number of para-hydroxylation sites is 1. The lowest BCUT2D eigenvalue weighted by Crippen LogP contribution is -2.55. The molecule has 0 aromatic heterocycles. The van der Waals surface area contributed by atoms with Gasteiger partial charge in [0.2, 0.25) is 17.7 Å². The van der Waals surface area contributed by atoms with E-state index >= 15 is 0 Å². The minimum atomic E-state index is -0.986. The van der Waals surface area contributed by atoms with Crippen LogP contribution in [0.1, 0.15) is 44.7 Å². The van der Waals surface area contributed by atoms with Crippen molar-refractivity contribution in [1.82, 2.24) is 10.7 Å². The van der Waals surface area contributed by atoms with E-state index in [2.05, 4.69) is 15.8 Å². The first kappa shape index (κ1) is 24.2. The Hall–Kier alpha value is -3.47. The molecule has 0 bridgehead atoms. The average molecular weight is 459 g/mol. The zero-order valence-electron chi connectivity index (χ0n) is 19.0. The van der Waals surface area contributed by atoms with Gasteiger partial charge in [0, 0.05) is 12.8 Å². The van der Waals surface area contributed by atoms with Crippen LogP contribution in [-0.4, -0.2) is 53.8 Å². The van der Waals surface area contributed by atoms with Gasteiger partial charge in [0.15, 0.2) is 0 Å². The molecule has 1 aromatic rings. The van der Waals surface area contributed by atoms with E-state index in [1.54, 1.807) is 20.8 Å². The third-order valence-electron chi connectivity index (χ3n) is 5.38. The Morgan fingerprint density at radius 2 is 2.03 bits per heavy atom. The van der Waals surface area contributed by atoms with Crippen molar-refractivity contribution in [2.24, 2.45) is 16.6 Å².